The van der Waals surface area contributed by atoms with E-state index in [1.165, 1.54) is 45.8 Å². The molecule has 1 atom stereocenters. The predicted octanol–water partition coefficient (Wildman–Crippen LogP) is 5.82. The van der Waals surface area contributed by atoms with Crippen LogP contribution in [0.1, 0.15) is 46.8 Å². The fourth-order valence-electron chi connectivity index (χ4n) is 6.77. The number of carbonyl (C=O) groups excluding carboxylic acids is 2. The number of anilines is 1. The van der Waals surface area contributed by atoms with Crippen molar-refractivity contribution in [1.29, 1.82) is 0 Å². The Bertz CT molecular complexity index is 2570. The van der Waals surface area contributed by atoms with Gasteiger partial charge in [0.15, 0.2) is 11.6 Å². The number of aliphatic carboxylic acids is 2. The molecule has 1 heterocycles. The molecule has 4 aliphatic rings. The van der Waals surface area contributed by atoms with Crippen molar-refractivity contribution >= 4 is 52.7 Å². The molecule has 0 fully saturated rings. The first kappa shape index (κ1) is 36.8. The summed E-state index contributed by atoms with van der Waals surface area (Å²) in [7, 11) is 0. The van der Waals surface area contributed by atoms with Crippen molar-refractivity contribution < 1.29 is 34.3 Å². The molecule has 4 aromatic rings. The zero-order valence-corrected chi connectivity index (χ0v) is 29.2. The highest BCUT2D eigenvalue weighted by atomic mass is 16.6. The Morgan fingerprint density at radius 1 is 0.833 bits per heavy atom. The molecule has 3 N–H and O–H groups in total. The number of hydrogen-bond donors (Lipinski definition) is 3. The maximum Gasteiger partial charge on any atom is 0.335 e. The number of Topliss-reactive ketones (excluding diaryl/α,β-unsaturated/α-hetero) is 1. The largest absolute Gasteiger partial charge is 0.478 e. The quantitative estimate of drug-likeness (QED) is 0.130. The van der Waals surface area contributed by atoms with Gasteiger partial charge in [-0.2, -0.15) is 0 Å². The molecule has 4 aromatic carbocycles. The minimum Gasteiger partial charge on any atom is -0.478 e. The SMILES string of the molecule is C1=CNc2ccccc2C=N1.CC1C(=O)C=C(C(=O)O)C=C1C(=O)O.O=C(C1=c2ccc3c(c2CCC1)CC=c1ccccc1=3)c1ccc([N+](=O)[O-])cc1. The molecule has 1 unspecified atom stereocenters. The number of aliphatic imine (C=N–C) groups is 1. The average Bonchev–Trinajstić information content (AvgIpc) is 3.44. The van der Waals surface area contributed by atoms with Crippen LogP contribution in [0, 0.1) is 26.5 Å². The Balaban J connectivity index is 0.000000164. The van der Waals surface area contributed by atoms with Gasteiger partial charge in [-0.3, -0.25) is 24.7 Å². The van der Waals surface area contributed by atoms with Crippen molar-refractivity contribution in [2.45, 2.75) is 32.6 Å². The normalized spacial score (nSPS) is 15.9. The monoisotopic (exact) mass is 721 g/mol. The molecule has 0 radical (unpaired) electrons. The number of fused-ring (bicyclic) bond motifs is 5. The number of nitro benzene ring substituents is 1. The number of non-ortho nitro benzene ring substituents is 1. The lowest BCUT2D eigenvalue weighted by Crippen LogP contribution is -2.25. The van der Waals surface area contributed by atoms with Gasteiger partial charge in [0, 0.05) is 58.7 Å². The maximum atomic E-state index is 13.2. The minimum atomic E-state index is -1.30. The lowest BCUT2D eigenvalue weighted by atomic mass is 9.84. The molecule has 0 saturated carbocycles. The summed E-state index contributed by atoms with van der Waals surface area (Å²) in [5, 5.41) is 36.1. The predicted molar refractivity (Wildman–Crippen MR) is 204 cm³/mol. The molecule has 11 heteroatoms. The highest BCUT2D eigenvalue weighted by molar-refractivity contribution is 6.24. The lowest BCUT2D eigenvalue weighted by Gasteiger charge is -2.20. The fourth-order valence-corrected chi connectivity index (χ4v) is 6.77. The molecule has 3 aliphatic carbocycles. The number of carboxylic acids is 2. The third kappa shape index (κ3) is 7.90. The second kappa shape index (κ2) is 16.1. The van der Waals surface area contributed by atoms with Crippen LogP contribution < -0.4 is 15.8 Å². The van der Waals surface area contributed by atoms with Crippen LogP contribution in [-0.4, -0.2) is 44.9 Å². The molecule has 0 amide bonds. The number of allylic oxidation sites excluding steroid dienone is 1. The Hall–Kier alpha value is -7.01. The molecule has 0 spiro atoms. The van der Waals surface area contributed by atoms with Gasteiger partial charge in [-0.05, 0) is 88.0 Å². The van der Waals surface area contributed by atoms with Crippen LogP contribution >= 0.6 is 0 Å². The van der Waals surface area contributed by atoms with Gasteiger partial charge in [-0.15, -0.1) is 0 Å². The van der Waals surface area contributed by atoms with Crippen LogP contribution in [0.2, 0.25) is 0 Å². The number of nitrogens with one attached hydrogen (secondary N) is 1. The zero-order chi connectivity index (χ0) is 38.4. The first-order chi connectivity index (χ1) is 26.0. The van der Waals surface area contributed by atoms with Crippen LogP contribution in [0.15, 0.2) is 126 Å². The Morgan fingerprint density at radius 2 is 1.56 bits per heavy atom. The number of benzene rings is 4. The van der Waals surface area contributed by atoms with Crippen LogP contribution in [0.25, 0.3) is 11.6 Å². The third-order valence-electron chi connectivity index (χ3n) is 9.57. The van der Waals surface area contributed by atoms with E-state index >= 15 is 0 Å². The van der Waals surface area contributed by atoms with Crippen LogP contribution in [0.5, 0.6) is 0 Å². The summed E-state index contributed by atoms with van der Waals surface area (Å²) in [6.07, 6.45) is 13.2. The molecule has 270 valence electrons. The highest BCUT2D eigenvalue weighted by Crippen LogP contribution is 2.25. The standard InChI is InChI=1S/C25H19NO3.C9H8N2.C9H8O5/c27-25(17-8-11-18(12-9-17)26(28)29)24-7-3-6-20-22-13-10-16-4-1-2-5-19(16)21(22)14-15-23(20)24;1-2-4-9-8(3-1)7-10-5-6-11-9;1-4-6(9(13)14)2-5(8(11)12)3-7(4)10/h1-2,4-5,8-12,14-15H,3,6-7,13H2;1-7,11H;2-4H,1H3,(H,11,12)(H,13,14). The van der Waals surface area contributed by atoms with E-state index < -0.39 is 28.6 Å². The molecule has 0 saturated heterocycles. The highest BCUT2D eigenvalue weighted by Gasteiger charge is 2.28. The van der Waals surface area contributed by atoms with E-state index in [9.17, 15) is 29.3 Å². The van der Waals surface area contributed by atoms with Crippen molar-refractivity contribution in [2.24, 2.45) is 10.9 Å². The van der Waals surface area contributed by atoms with Gasteiger partial charge in [-0.1, -0.05) is 67.6 Å². The van der Waals surface area contributed by atoms with E-state index in [0.717, 1.165) is 59.9 Å². The maximum absolute atomic E-state index is 13.2. The number of nitrogens with zero attached hydrogens (tertiary/aromatic N) is 2. The lowest BCUT2D eigenvalue weighted by molar-refractivity contribution is -0.384. The van der Waals surface area contributed by atoms with Gasteiger partial charge in [0.25, 0.3) is 5.69 Å². The van der Waals surface area contributed by atoms with Crippen molar-refractivity contribution in [3.63, 3.8) is 0 Å². The molecule has 1 aliphatic heterocycles. The van der Waals surface area contributed by atoms with Crippen LogP contribution in [-0.2, 0) is 27.2 Å². The van der Waals surface area contributed by atoms with E-state index in [-0.39, 0.29) is 22.6 Å². The molecular weight excluding hydrogens is 686 g/mol. The summed E-state index contributed by atoms with van der Waals surface area (Å²) in [5.41, 5.74) is 5.69. The van der Waals surface area contributed by atoms with Gasteiger partial charge in [0.1, 0.15) is 0 Å². The van der Waals surface area contributed by atoms with E-state index in [2.05, 4.69) is 52.8 Å². The number of nitro groups is 1. The van der Waals surface area contributed by atoms with Gasteiger partial charge >= 0.3 is 11.9 Å². The van der Waals surface area contributed by atoms with E-state index in [1.54, 1.807) is 18.3 Å². The smallest absolute Gasteiger partial charge is 0.335 e. The molecule has 11 nitrogen and oxygen atoms in total. The Labute approximate surface area is 309 Å². The van der Waals surface area contributed by atoms with Gasteiger partial charge in [0.05, 0.1) is 16.4 Å². The van der Waals surface area contributed by atoms with E-state index in [1.807, 2.05) is 36.7 Å². The molecule has 0 bridgehead atoms. The second-order valence-electron chi connectivity index (χ2n) is 12.8. The van der Waals surface area contributed by atoms with E-state index in [0.29, 0.717) is 5.56 Å². The molecule has 54 heavy (non-hydrogen) atoms. The average molecular weight is 722 g/mol. The van der Waals surface area contributed by atoms with Crippen molar-refractivity contribution in [1.82, 2.24) is 0 Å². The van der Waals surface area contributed by atoms with Gasteiger partial charge < -0.3 is 15.5 Å². The fraction of sp³-hybridized carbons (Fsp3) is 0.140. The van der Waals surface area contributed by atoms with Crippen LogP contribution in [0.3, 0.4) is 0 Å². The number of para-hydroxylation sites is 1. The zero-order valence-electron chi connectivity index (χ0n) is 29.2. The first-order valence-electron chi connectivity index (χ1n) is 17.2. The number of hydrogen-bond acceptors (Lipinski definition) is 8. The number of ketones is 2. The van der Waals surface area contributed by atoms with Gasteiger partial charge in [0.2, 0.25) is 0 Å². The molecular formula is C43H35N3O8. The number of carboxylic acid groups (broad SMARTS) is 2. The third-order valence-corrected chi connectivity index (χ3v) is 9.57. The summed E-state index contributed by atoms with van der Waals surface area (Å²) in [4.78, 5) is 60.0. The van der Waals surface area contributed by atoms with Crippen molar-refractivity contribution in [3.8, 4) is 0 Å². The molecule has 8 rings (SSSR count). The summed E-state index contributed by atoms with van der Waals surface area (Å²) < 4.78 is 0. The van der Waals surface area contributed by atoms with E-state index in [4.69, 9.17) is 10.2 Å². The van der Waals surface area contributed by atoms with Crippen LogP contribution in [0.4, 0.5) is 11.4 Å². The van der Waals surface area contributed by atoms with Crippen molar-refractivity contribution in [3.05, 3.63) is 174 Å². The number of rotatable bonds is 5. The summed E-state index contributed by atoms with van der Waals surface area (Å²) in [5.74, 6) is -3.87. The number of carbonyl (C=O) groups is 4. The Morgan fingerprint density at radius 3 is 2.30 bits per heavy atom. The van der Waals surface area contributed by atoms with Crippen molar-refractivity contribution in [2.75, 3.05) is 5.32 Å². The topological polar surface area (TPSA) is 176 Å². The van der Waals surface area contributed by atoms with Gasteiger partial charge in [-0.25, -0.2) is 9.59 Å². The first-order valence-corrected chi connectivity index (χ1v) is 17.2. The second-order valence-corrected chi connectivity index (χ2v) is 12.8. The summed E-state index contributed by atoms with van der Waals surface area (Å²) in [6, 6.07) is 26.6. The minimum absolute atomic E-state index is 0.00105. The molecule has 0 aromatic heterocycles. The Kier molecular flexibility index (Phi) is 11.0. The summed E-state index contributed by atoms with van der Waals surface area (Å²) >= 11 is 0. The summed E-state index contributed by atoms with van der Waals surface area (Å²) in [6.45, 7) is 1.43.